The van der Waals surface area contributed by atoms with Crippen molar-refractivity contribution >= 4 is 36.0 Å². The van der Waals surface area contributed by atoms with Crippen molar-refractivity contribution in [3.8, 4) is 0 Å². The van der Waals surface area contributed by atoms with Gasteiger partial charge in [0.05, 0.1) is 6.04 Å². The van der Waals surface area contributed by atoms with Crippen LogP contribution in [-0.4, -0.2) is 90.4 Å². The molecule has 0 radical (unpaired) electrons. The van der Waals surface area contributed by atoms with Gasteiger partial charge in [0.1, 0.15) is 18.2 Å². The highest BCUT2D eigenvalue weighted by Gasteiger charge is 2.41. The molecule has 0 spiro atoms. The van der Waals surface area contributed by atoms with Crippen LogP contribution in [0, 0.1) is 23.2 Å². The van der Waals surface area contributed by atoms with Gasteiger partial charge in [-0.1, -0.05) is 61.0 Å². The van der Waals surface area contributed by atoms with Crippen LogP contribution in [0.4, 0.5) is 18.0 Å². The van der Waals surface area contributed by atoms with Crippen LogP contribution in [0.25, 0.3) is 0 Å². The fraction of sp³-hybridized carbons (Fsp3) is 0.771. The number of hydrogen-bond acceptors (Lipinski definition) is 7. The number of carbonyl (C=O) groups is 6. The lowest BCUT2D eigenvalue weighted by molar-refractivity contribution is -0.156. The minimum absolute atomic E-state index is 0.0116. The van der Waals surface area contributed by atoms with E-state index in [4.69, 9.17) is 4.74 Å². The number of ketones is 1. The fourth-order valence-corrected chi connectivity index (χ4v) is 5.52. The number of ether oxygens (including phenoxy) is 1. The quantitative estimate of drug-likeness (QED) is 0.0750. The van der Waals surface area contributed by atoms with Crippen LogP contribution in [0.1, 0.15) is 100 Å². The van der Waals surface area contributed by atoms with Gasteiger partial charge in [-0.2, -0.15) is 13.2 Å². The summed E-state index contributed by atoms with van der Waals surface area (Å²) in [5, 5.41) is 9.69. The van der Waals surface area contributed by atoms with Crippen molar-refractivity contribution in [2.75, 3.05) is 13.1 Å². The Labute approximate surface area is 294 Å². The molecular formula is C35H58F3N5O7. The summed E-state index contributed by atoms with van der Waals surface area (Å²) >= 11 is 0. The van der Waals surface area contributed by atoms with Crippen LogP contribution in [0.3, 0.4) is 0 Å². The smallest absolute Gasteiger partial charge is 0.389 e. The highest BCUT2D eigenvalue weighted by Crippen LogP contribution is 2.39. The Bertz CT molecular complexity index is 1170. The third kappa shape index (κ3) is 15.1. The van der Waals surface area contributed by atoms with Crippen LogP contribution in [0.2, 0.25) is 0 Å². The van der Waals surface area contributed by atoms with Gasteiger partial charge in [-0.25, -0.2) is 9.59 Å². The van der Waals surface area contributed by atoms with E-state index >= 15 is 0 Å². The van der Waals surface area contributed by atoms with E-state index in [0.717, 1.165) is 38.6 Å². The van der Waals surface area contributed by atoms with E-state index in [1.54, 1.807) is 0 Å². The van der Waals surface area contributed by atoms with Crippen molar-refractivity contribution in [3.05, 3.63) is 12.7 Å². The van der Waals surface area contributed by atoms with Crippen LogP contribution in [-0.2, 0) is 28.7 Å². The Morgan fingerprint density at radius 2 is 1.64 bits per heavy atom. The molecule has 286 valence electrons. The zero-order valence-corrected chi connectivity index (χ0v) is 30.8. The number of esters is 1. The molecule has 0 aromatic heterocycles. The first kappa shape index (κ1) is 44.4. The highest BCUT2D eigenvalue weighted by molar-refractivity contribution is 6.38. The minimum Gasteiger partial charge on any atom is -0.460 e. The monoisotopic (exact) mass is 717 g/mol. The van der Waals surface area contributed by atoms with Crippen LogP contribution < -0.4 is 21.3 Å². The van der Waals surface area contributed by atoms with Crippen molar-refractivity contribution < 1.29 is 46.7 Å². The Balaban J connectivity index is 0.000000591. The molecule has 4 N–H and O–H groups in total. The maximum absolute atomic E-state index is 13.2. The molecule has 2 rings (SSSR count). The van der Waals surface area contributed by atoms with Crippen LogP contribution >= 0.6 is 0 Å². The number of amides is 5. The van der Waals surface area contributed by atoms with Gasteiger partial charge in [-0.05, 0) is 62.2 Å². The molecule has 0 aromatic rings. The molecule has 12 nitrogen and oxygen atoms in total. The Kier molecular flexibility index (Phi) is 18.0. The summed E-state index contributed by atoms with van der Waals surface area (Å²) in [6.07, 6.45) is -0.0209. The van der Waals surface area contributed by atoms with Gasteiger partial charge in [0.2, 0.25) is 18.1 Å². The second-order valence-electron chi connectivity index (χ2n) is 14.6. The molecule has 2 aliphatic rings. The van der Waals surface area contributed by atoms with Crippen molar-refractivity contribution in [1.29, 1.82) is 0 Å². The molecule has 5 amide bonds. The summed E-state index contributed by atoms with van der Waals surface area (Å²) in [6, 6.07) is -3.25. The Morgan fingerprint density at radius 1 is 1.02 bits per heavy atom. The van der Waals surface area contributed by atoms with Gasteiger partial charge in [-0.3, -0.25) is 19.2 Å². The van der Waals surface area contributed by atoms with Gasteiger partial charge in [0, 0.05) is 25.6 Å². The molecule has 2 fully saturated rings. The molecule has 1 aliphatic heterocycles. The average molecular weight is 718 g/mol. The number of halogens is 3. The van der Waals surface area contributed by atoms with Gasteiger partial charge < -0.3 is 30.9 Å². The van der Waals surface area contributed by atoms with E-state index in [9.17, 15) is 41.9 Å². The fourth-order valence-electron chi connectivity index (χ4n) is 5.52. The lowest BCUT2D eigenvalue weighted by atomic mass is 9.85. The third-order valence-corrected chi connectivity index (χ3v) is 8.91. The summed E-state index contributed by atoms with van der Waals surface area (Å²) in [7, 11) is 0. The largest absolute Gasteiger partial charge is 0.460 e. The number of urea groups is 1. The van der Waals surface area contributed by atoms with E-state index in [0.29, 0.717) is 11.8 Å². The number of nitrogens with zero attached hydrogens (tertiary/aromatic N) is 1. The molecule has 1 saturated carbocycles. The number of alkyl halides is 3. The van der Waals surface area contributed by atoms with E-state index < -0.39 is 60.3 Å². The first-order valence-electron chi connectivity index (χ1n) is 17.5. The number of carbonyl (C=O) groups excluding carboxylic acids is 6. The lowest BCUT2D eigenvalue weighted by Crippen LogP contribution is -2.59. The molecule has 1 saturated heterocycles. The molecule has 6 unspecified atom stereocenters. The average Bonchev–Trinajstić information content (AvgIpc) is 3.78. The van der Waals surface area contributed by atoms with Crippen molar-refractivity contribution in [2.24, 2.45) is 23.2 Å². The molecular weight excluding hydrogens is 659 g/mol. The van der Waals surface area contributed by atoms with Gasteiger partial charge in [0.15, 0.2) is 0 Å². The molecule has 50 heavy (non-hydrogen) atoms. The van der Waals surface area contributed by atoms with Gasteiger partial charge in [0.25, 0.3) is 5.91 Å². The Hall–Kier alpha value is -3.65. The number of Topliss-reactive ketones (excluding diaryl/α,β-unsaturated/α-hetero) is 1. The van der Waals surface area contributed by atoms with E-state index in [1.165, 1.54) is 6.08 Å². The molecule has 6 atom stereocenters. The normalized spacial score (nSPS) is 19.0. The van der Waals surface area contributed by atoms with E-state index in [2.05, 4.69) is 36.4 Å². The maximum Gasteiger partial charge on any atom is 0.389 e. The first-order valence-corrected chi connectivity index (χ1v) is 17.5. The summed E-state index contributed by atoms with van der Waals surface area (Å²) < 4.78 is 41.9. The van der Waals surface area contributed by atoms with Crippen molar-refractivity contribution in [3.63, 3.8) is 0 Å². The molecule has 0 aromatic carbocycles. The maximum atomic E-state index is 13.2. The summed E-state index contributed by atoms with van der Waals surface area (Å²) in [6.45, 7) is 19.9. The predicted molar refractivity (Wildman–Crippen MR) is 182 cm³/mol. The highest BCUT2D eigenvalue weighted by atomic mass is 19.4. The number of likely N-dealkylation sites (tertiary alicyclic amines) is 1. The molecule has 1 aliphatic carbocycles. The standard InChI is InChI=1S/C25H45N3O4.C10H13F3N2O3/c1-9-16(4)20(18-12-13-18)32-23(30)19(15(2)3)26-24(31)27-21(25(6,7)8)22(29)28-14-10-11-17(28)5;1-2-5-14-9(18)8(17)7(15-6-16)3-4-10(11,12)13/h15-21H,9-14H2,1-8H3,(H2,26,27,31);2,6-7H,1,3-5H2,(H,14,18)(H,15,16). The second kappa shape index (κ2) is 20.3. The van der Waals surface area contributed by atoms with Crippen LogP contribution in [0.5, 0.6) is 0 Å². The molecule has 0 bridgehead atoms. The van der Waals surface area contributed by atoms with Gasteiger partial charge >= 0.3 is 18.2 Å². The van der Waals surface area contributed by atoms with E-state index in [-0.39, 0.29) is 42.9 Å². The predicted octanol–water partition coefficient (Wildman–Crippen LogP) is 4.42. The summed E-state index contributed by atoms with van der Waals surface area (Å²) in [4.78, 5) is 73.8. The zero-order chi connectivity index (χ0) is 38.4. The van der Waals surface area contributed by atoms with Crippen LogP contribution in [0.15, 0.2) is 12.7 Å². The summed E-state index contributed by atoms with van der Waals surface area (Å²) in [5.41, 5.74) is -0.460. The zero-order valence-electron chi connectivity index (χ0n) is 30.8. The molecule has 1 heterocycles. The van der Waals surface area contributed by atoms with E-state index in [1.807, 2.05) is 51.8 Å². The number of hydrogen-bond donors (Lipinski definition) is 4. The van der Waals surface area contributed by atoms with Crippen molar-refractivity contribution in [1.82, 2.24) is 26.2 Å². The molecule has 15 heteroatoms. The number of rotatable bonds is 17. The van der Waals surface area contributed by atoms with Gasteiger partial charge in [-0.15, -0.1) is 6.58 Å². The third-order valence-electron chi connectivity index (χ3n) is 8.91. The number of nitrogens with one attached hydrogen (secondary N) is 4. The minimum atomic E-state index is -4.46. The first-order chi connectivity index (χ1) is 23.2. The topological polar surface area (TPSA) is 163 Å². The summed E-state index contributed by atoms with van der Waals surface area (Å²) in [5.74, 6) is -2.04. The lowest BCUT2D eigenvalue weighted by Gasteiger charge is -2.35. The van der Waals surface area contributed by atoms with Crippen molar-refractivity contribution in [2.45, 2.75) is 137 Å². The Morgan fingerprint density at radius 3 is 2.08 bits per heavy atom. The second-order valence-corrected chi connectivity index (χ2v) is 14.6. The SMILES string of the molecule is C=CCNC(=O)C(=O)C(CCC(F)(F)F)NC=O.CCC(C)C(OC(=O)C(NC(=O)NC(C(=O)N1CCCC1C)C(C)(C)C)C(C)C)C1CC1.